The van der Waals surface area contributed by atoms with Crippen LogP contribution in [0.25, 0.3) is 0 Å². The second kappa shape index (κ2) is 10.6. The van der Waals surface area contributed by atoms with Gasteiger partial charge in [0.15, 0.2) is 0 Å². The fourth-order valence-corrected chi connectivity index (χ4v) is 8.07. The highest BCUT2D eigenvalue weighted by Crippen LogP contribution is 2.53. The van der Waals surface area contributed by atoms with Gasteiger partial charge in [0, 0.05) is 10.8 Å². The molecule has 0 bridgehead atoms. The Morgan fingerprint density at radius 2 is 1.55 bits per heavy atom. The molecule has 0 saturated carbocycles. The number of carbonyl (C=O) groups is 3. The van der Waals surface area contributed by atoms with Gasteiger partial charge in [0.25, 0.3) is 0 Å². The van der Waals surface area contributed by atoms with Gasteiger partial charge in [0.1, 0.15) is 17.6 Å². The Hall–Kier alpha value is -4.23. The van der Waals surface area contributed by atoms with E-state index in [4.69, 9.17) is 0 Å². The zero-order valence-corrected chi connectivity index (χ0v) is 22.9. The van der Waals surface area contributed by atoms with Crippen LogP contribution in [0.1, 0.15) is 21.9 Å². The summed E-state index contributed by atoms with van der Waals surface area (Å²) < 4.78 is 55.0. The smallest absolute Gasteiger partial charge is 0.324 e. The second-order valence-corrected chi connectivity index (χ2v) is 11.8. The summed E-state index contributed by atoms with van der Waals surface area (Å²) in [6, 6.07) is 18.3. The number of imide groups is 1. The average molecular weight is 614 g/mol. The van der Waals surface area contributed by atoms with Gasteiger partial charge in [-0.3, -0.25) is 23.7 Å². The van der Waals surface area contributed by atoms with E-state index >= 15 is 0 Å². The van der Waals surface area contributed by atoms with Crippen molar-refractivity contribution in [3.63, 3.8) is 0 Å². The summed E-state index contributed by atoms with van der Waals surface area (Å²) in [6.07, 6.45) is -4.71. The fourth-order valence-electron chi connectivity index (χ4n) is 5.29. The first-order chi connectivity index (χ1) is 20.0. The molecular weight excluding hydrogens is 594 g/mol. The van der Waals surface area contributed by atoms with E-state index in [0.717, 1.165) is 56.8 Å². The molecule has 7 nitrogen and oxygen atoms in total. The number of thiazole rings is 1. The molecule has 3 amide bonds. The minimum Gasteiger partial charge on any atom is -0.324 e. The van der Waals surface area contributed by atoms with Crippen molar-refractivity contribution >= 4 is 52.2 Å². The van der Waals surface area contributed by atoms with Crippen LogP contribution in [-0.4, -0.2) is 27.5 Å². The molecule has 3 heterocycles. The van der Waals surface area contributed by atoms with Crippen LogP contribution >= 0.6 is 23.1 Å². The number of hydrogen-bond acceptors (Lipinski definition) is 6. The first kappa shape index (κ1) is 27.9. The third-order valence-electron chi connectivity index (χ3n) is 7.10. The number of nitrogens with one attached hydrogen (secondary N) is 1. The molecule has 0 radical (unpaired) electrons. The number of fused-ring (bicyclic) bond motifs is 2. The van der Waals surface area contributed by atoms with Gasteiger partial charge < -0.3 is 5.32 Å². The number of alkyl halides is 3. The molecule has 3 unspecified atom stereocenters. The Bertz CT molecular complexity index is 1770. The van der Waals surface area contributed by atoms with Crippen molar-refractivity contribution in [2.45, 2.75) is 28.9 Å². The van der Waals surface area contributed by atoms with Gasteiger partial charge in [-0.1, -0.05) is 65.6 Å². The number of amides is 3. The molecular formula is C29H19F4N3O4S2. The van der Waals surface area contributed by atoms with Crippen LogP contribution in [0.3, 0.4) is 0 Å². The molecule has 0 spiro atoms. The highest BCUT2D eigenvalue weighted by Gasteiger charge is 2.56. The van der Waals surface area contributed by atoms with Crippen LogP contribution in [0.4, 0.5) is 28.9 Å². The van der Waals surface area contributed by atoms with Gasteiger partial charge in [-0.05, 0) is 42.0 Å². The summed E-state index contributed by atoms with van der Waals surface area (Å²) in [5.41, 5.74) is -0.603. The number of nitrogens with zero attached hydrogens (tertiary/aromatic N) is 2. The van der Waals surface area contributed by atoms with E-state index in [2.05, 4.69) is 5.32 Å². The lowest BCUT2D eigenvalue weighted by molar-refractivity contribution is -0.137. The summed E-state index contributed by atoms with van der Waals surface area (Å²) >= 11 is 1.79. The molecule has 42 heavy (non-hydrogen) atoms. The lowest BCUT2D eigenvalue weighted by atomic mass is 9.83. The summed E-state index contributed by atoms with van der Waals surface area (Å²) in [6.45, 7) is -0.605. The number of thioether (sulfide) groups is 1. The molecule has 1 N–H and O–H groups in total. The van der Waals surface area contributed by atoms with Gasteiger partial charge in [0.05, 0.1) is 27.9 Å². The summed E-state index contributed by atoms with van der Waals surface area (Å²) in [5, 5.41) is 1.57. The molecule has 2 aliphatic heterocycles. The van der Waals surface area contributed by atoms with E-state index in [9.17, 15) is 36.7 Å². The van der Waals surface area contributed by atoms with E-state index in [-0.39, 0.29) is 5.69 Å². The number of hydrogen-bond donors (Lipinski definition) is 1. The first-order valence-corrected chi connectivity index (χ1v) is 14.3. The third-order valence-corrected chi connectivity index (χ3v) is 9.70. The van der Waals surface area contributed by atoms with Crippen LogP contribution in [0.5, 0.6) is 0 Å². The van der Waals surface area contributed by atoms with Crippen LogP contribution in [0.2, 0.25) is 0 Å². The summed E-state index contributed by atoms with van der Waals surface area (Å²) in [4.78, 5) is 54.5. The first-order valence-electron chi connectivity index (χ1n) is 12.6. The fraction of sp³-hybridized carbons (Fsp3) is 0.172. The maximum atomic E-state index is 13.8. The largest absolute Gasteiger partial charge is 0.418 e. The van der Waals surface area contributed by atoms with Gasteiger partial charge in [0.2, 0.25) is 17.7 Å². The van der Waals surface area contributed by atoms with E-state index in [1.54, 1.807) is 30.3 Å². The lowest BCUT2D eigenvalue weighted by Crippen LogP contribution is -2.33. The van der Waals surface area contributed by atoms with Crippen LogP contribution in [0.15, 0.2) is 88.7 Å². The van der Waals surface area contributed by atoms with Crippen molar-refractivity contribution in [3.8, 4) is 0 Å². The molecule has 0 aliphatic carbocycles. The topological polar surface area (TPSA) is 88.5 Å². The van der Waals surface area contributed by atoms with E-state index in [0.29, 0.717) is 15.5 Å². The Labute approximate surface area is 243 Å². The van der Waals surface area contributed by atoms with Crippen LogP contribution < -0.4 is 15.1 Å². The molecule has 3 atom stereocenters. The second-order valence-electron chi connectivity index (χ2n) is 9.66. The molecule has 1 aromatic heterocycles. The Morgan fingerprint density at radius 3 is 2.24 bits per heavy atom. The zero-order chi connectivity index (χ0) is 29.8. The van der Waals surface area contributed by atoms with Gasteiger partial charge in [-0.2, -0.15) is 13.2 Å². The minimum atomic E-state index is -4.71. The Kier molecular flexibility index (Phi) is 7.01. The SMILES string of the molecule is O=C(Cn1c2c(sc1=O)C(c1ccccc1)C1C(=O)N(c3ccc(F)cc3)C(=O)C1S2)Nc1ccccc1C(F)(F)F. The molecule has 13 heteroatoms. The third kappa shape index (κ3) is 4.81. The maximum absolute atomic E-state index is 13.8. The predicted molar refractivity (Wildman–Crippen MR) is 149 cm³/mol. The van der Waals surface area contributed by atoms with Crippen molar-refractivity contribution < 1.29 is 31.9 Å². The average Bonchev–Trinajstić information content (AvgIpc) is 3.40. The summed E-state index contributed by atoms with van der Waals surface area (Å²) in [7, 11) is 0. The normalized spacial score (nSPS) is 19.9. The van der Waals surface area contributed by atoms with Crippen molar-refractivity contribution in [2.24, 2.45) is 5.92 Å². The number of carbonyl (C=O) groups excluding carboxylic acids is 3. The van der Waals surface area contributed by atoms with E-state index in [1.807, 2.05) is 0 Å². The molecule has 1 saturated heterocycles. The molecule has 214 valence electrons. The highest BCUT2D eigenvalue weighted by atomic mass is 32.2. The number of para-hydroxylation sites is 1. The summed E-state index contributed by atoms with van der Waals surface area (Å²) in [5.74, 6) is -4.05. The van der Waals surface area contributed by atoms with Crippen molar-refractivity contribution in [2.75, 3.05) is 10.2 Å². The minimum absolute atomic E-state index is 0.205. The molecule has 6 rings (SSSR count). The molecule has 3 aromatic carbocycles. The Balaban J connectivity index is 1.38. The van der Waals surface area contributed by atoms with Crippen molar-refractivity contribution in [1.82, 2.24) is 4.57 Å². The van der Waals surface area contributed by atoms with Crippen molar-refractivity contribution in [1.29, 1.82) is 0 Å². The molecule has 4 aromatic rings. The monoisotopic (exact) mass is 613 g/mol. The number of anilines is 2. The van der Waals surface area contributed by atoms with Crippen molar-refractivity contribution in [3.05, 3.63) is 110 Å². The Morgan fingerprint density at radius 1 is 0.881 bits per heavy atom. The van der Waals surface area contributed by atoms with Gasteiger partial charge >= 0.3 is 11.0 Å². The highest BCUT2D eigenvalue weighted by molar-refractivity contribution is 8.00. The standard InChI is InChI=1S/C29H19F4N3O4S2/c30-16-10-12-17(13-11-16)36-25(38)22-21(15-6-2-1-3-7-15)24-27(41-23(22)26(36)39)35(28(40)42-24)14-20(37)34-19-9-5-4-8-18(19)29(31,32)33/h1-13,21-23H,14H2,(H,34,37). The maximum Gasteiger partial charge on any atom is 0.418 e. The number of rotatable bonds is 5. The predicted octanol–water partition coefficient (Wildman–Crippen LogP) is 5.50. The lowest BCUT2D eigenvalue weighted by Gasteiger charge is -2.30. The molecule has 1 fully saturated rings. The molecule has 2 aliphatic rings. The van der Waals surface area contributed by atoms with Gasteiger partial charge in [-0.15, -0.1) is 0 Å². The number of halogens is 4. The van der Waals surface area contributed by atoms with Crippen LogP contribution in [-0.2, 0) is 27.1 Å². The zero-order valence-electron chi connectivity index (χ0n) is 21.3. The number of benzene rings is 3. The van der Waals surface area contributed by atoms with E-state index < -0.39 is 69.5 Å². The van der Waals surface area contributed by atoms with Gasteiger partial charge in [-0.25, -0.2) is 9.29 Å². The number of aromatic nitrogens is 1. The quantitative estimate of drug-likeness (QED) is 0.237. The van der Waals surface area contributed by atoms with Crippen LogP contribution in [0, 0.1) is 11.7 Å². The van der Waals surface area contributed by atoms with E-state index in [1.165, 1.54) is 24.3 Å².